The van der Waals surface area contributed by atoms with Crippen LogP contribution in [0.5, 0.6) is 0 Å². The fourth-order valence-electron chi connectivity index (χ4n) is 3.12. The third-order valence-electron chi connectivity index (χ3n) is 4.63. The Morgan fingerprint density at radius 3 is 2.40 bits per heavy atom. The van der Waals surface area contributed by atoms with Crippen LogP contribution in [0.1, 0.15) is 72.1 Å². The number of nitrogens with one attached hydrogen (secondary N) is 2. The SMILES string of the molecule is CCCCCCCCCNC(=NC)NC1CCN(C(=O)C(C)C)C1.I. The van der Waals surface area contributed by atoms with Gasteiger partial charge in [-0.05, 0) is 12.8 Å². The normalized spacial score (nSPS) is 17.6. The van der Waals surface area contributed by atoms with Gasteiger partial charge in [-0.3, -0.25) is 9.79 Å². The van der Waals surface area contributed by atoms with Gasteiger partial charge in [-0.2, -0.15) is 0 Å². The van der Waals surface area contributed by atoms with Crippen LogP contribution in [0.4, 0.5) is 0 Å². The number of likely N-dealkylation sites (tertiary alicyclic amines) is 1. The first kappa shape index (κ1) is 24.5. The fraction of sp³-hybridized carbons (Fsp3) is 0.895. The Balaban J connectivity index is 0.00000576. The summed E-state index contributed by atoms with van der Waals surface area (Å²) in [6, 6.07) is 0.313. The summed E-state index contributed by atoms with van der Waals surface area (Å²) in [5.41, 5.74) is 0. The summed E-state index contributed by atoms with van der Waals surface area (Å²) in [5, 5.41) is 6.85. The van der Waals surface area contributed by atoms with Gasteiger partial charge in [-0.15, -0.1) is 24.0 Å². The van der Waals surface area contributed by atoms with Gasteiger partial charge < -0.3 is 15.5 Å². The third kappa shape index (κ3) is 10.3. The number of amides is 1. The average Bonchev–Trinajstić information content (AvgIpc) is 3.03. The number of nitrogens with zero attached hydrogens (tertiary/aromatic N) is 2. The predicted molar refractivity (Wildman–Crippen MR) is 118 cm³/mol. The Morgan fingerprint density at radius 1 is 1.16 bits per heavy atom. The van der Waals surface area contributed by atoms with Crippen LogP contribution in [-0.2, 0) is 4.79 Å². The summed E-state index contributed by atoms with van der Waals surface area (Å²) in [7, 11) is 1.81. The zero-order valence-electron chi connectivity index (χ0n) is 16.6. The van der Waals surface area contributed by atoms with E-state index in [1.165, 1.54) is 44.9 Å². The van der Waals surface area contributed by atoms with Crippen molar-refractivity contribution < 1.29 is 4.79 Å². The van der Waals surface area contributed by atoms with Crippen molar-refractivity contribution >= 4 is 35.8 Å². The van der Waals surface area contributed by atoms with E-state index in [2.05, 4.69) is 22.5 Å². The van der Waals surface area contributed by atoms with Crippen LogP contribution in [-0.4, -0.2) is 49.5 Å². The lowest BCUT2D eigenvalue weighted by Crippen LogP contribution is -2.45. The molecule has 1 aliphatic heterocycles. The van der Waals surface area contributed by atoms with Crippen LogP contribution in [0.15, 0.2) is 4.99 Å². The zero-order valence-corrected chi connectivity index (χ0v) is 19.0. The molecule has 1 aliphatic rings. The predicted octanol–water partition coefficient (Wildman–Crippen LogP) is 3.78. The van der Waals surface area contributed by atoms with Crippen LogP contribution >= 0.6 is 24.0 Å². The molecule has 1 fully saturated rings. The second-order valence-electron chi connectivity index (χ2n) is 7.19. The molecule has 148 valence electrons. The molecule has 1 rings (SSSR count). The number of halogens is 1. The smallest absolute Gasteiger partial charge is 0.225 e. The summed E-state index contributed by atoms with van der Waals surface area (Å²) < 4.78 is 0. The van der Waals surface area contributed by atoms with E-state index in [4.69, 9.17) is 0 Å². The first-order valence-electron chi connectivity index (χ1n) is 9.84. The molecule has 5 nitrogen and oxygen atoms in total. The highest BCUT2D eigenvalue weighted by Crippen LogP contribution is 2.12. The topological polar surface area (TPSA) is 56.7 Å². The van der Waals surface area contributed by atoms with Gasteiger partial charge in [0.15, 0.2) is 5.96 Å². The standard InChI is InChI=1S/C19H38N4O.HI/c1-5-6-7-8-9-10-11-13-21-19(20-4)22-17-12-14-23(15-17)18(24)16(2)3;/h16-17H,5-15H2,1-4H3,(H2,20,21,22);1H. The number of hydrogen-bond donors (Lipinski definition) is 2. The van der Waals surface area contributed by atoms with E-state index in [-0.39, 0.29) is 35.8 Å². The van der Waals surface area contributed by atoms with E-state index >= 15 is 0 Å². The van der Waals surface area contributed by atoms with Crippen molar-refractivity contribution in [3.8, 4) is 0 Å². The van der Waals surface area contributed by atoms with Gasteiger partial charge in [-0.1, -0.05) is 59.3 Å². The second-order valence-corrected chi connectivity index (χ2v) is 7.19. The van der Waals surface area contributed by atoms with Gasteiger partial charge in [0.2, 0.25) is 5.91 Å². The minimum Gasteiger partial charge on any atom is -0.356 e. The van der Waals surface area contributed by atoms with Crippen molar-refractivity contribution in [2.45, 2.75) is 78.2 Å². The molecule has 25 heavy (non-hydrogen) atoms. The summed E-state index contributed by atoms with van der Waals surface area (Å²) in [4.78, 5) is 18.3. The highest BCUT2D eigenvalue weighted by molar-refractivity contribution is 14.0. The van der Waals surface area contributed by atoms with Crippen molar-refractivity contribution in [3.05, 3.63) is 0 Å². The fourth-order valence-corrected chi connectivity index (χ4v) is 3.12. The maximum Gasteiger partial charge on any atom is 0.225 e. The molecule has 0 aromatic heterocycles. The van der Waals surface area contributed by atoms with Gasteiger partial charge in [-0.25, -0.2) is 0 Å². The Morgan fingerprint density at radius 2 is 1.80 bits per heavy atom. The largest absolute Gasteiger partial charge is 0.356 e. The molecular weight excluding hydrogens is 427 g/mol. The molecule has 0 saturated carbocycles. The monoisotopic (exact) mass is 466 g/mol. The number of aliphatic imine (C=N–C) groups is 1. The summed E-state index contributed by atoms with van der Waals surface area (Å²) in [5.74, 6) is 1.20. The van der Waals surface area contributed by atoms with Crippen LogP contribution in [0.2, 0.25) is 0 Å². The molecule has 0 spiro atoms. The van der Waals surface area contributed by atoms with Gasteiger partial charge in [0, 0.05) is 38.6 Å². The Labute approximate surface area is 171 Å². The van der Waals surface area contributed by atoms with Crippen LogP contribution in [0, 0.1) is 5.92 Å². The molecule has 0 aromatic rings. The van der Waals surface area contributed by atoms with E-state index in [0.29, 0.717) is 6.04 Å². The number of guanidine groups is 1. The third-order valence-corrected chi connectivity index (χ3v) is 4.63. The molecule has 1 atom stereocenters. The van der Waals surface area contributed by atoms with E-state index in [9.17, 15) is 4.79 Å². The highest BCUT2D eigenvalue weighted by Gasteiger charge is 2.27. The lowest BCUT2D eigenvalue weighted by molar-refractivity contribution is -0.133. The quantitative estimate of drug-likeness (QED) is 0.223. The molecule has 6 heteroatoms. The van der Waals surface area contributed by atoms with Gasteiger partial charge >= 0.3 is 0 Å². The molecule has 1 amide bonds. The Bertz CT molecular complexity index is 388. The molecule has 1 saturated heterocycles. The van der Waals surface area contributed by atoms with E-state index in [1.54, 1.807) is 0 Å². The molecule has 1 unspecified atom stereocenters. The molecule has 0 aliphatic carbocycles. The van der Waals surface area contributed by atoms with Crippen LogP contribution in [0.25, 0.3) is 0 Å². The zero-order chi connectivity index (χ0) is 17.8. The number of carbonyl (C=O) groups is 1. The number of unbranched alkanes of at least 4 members (excludes halogenated alkanes) is 6. The van der Waals surface area contributed by atoms with Crippen molar-refractivity contribution in [1.29, 1.82) is 0 Å². The summed E-state index contributed by atoms with van der Waals surface area (Å²) in [6.45, 7) is 8.79. The van der Waals surface area contributed by atoms with E-state index in [1.807, 2.05) is 25.8 Å². The van der Waals surface area contributed by atoms with Crippen molar-refractivity contribution in [2.75, 3.05) is 26.7 Å². The second kappa shape index (κ2) is 14.6. The Hall–Kier alpha value is -0.530. The molecule has 0 radical (unpaired) electrons. The first-order valence-corrected chi connectivity index (χ1v) is 9.84. The minimum absolute atomic E-state index is 0. The number of rotatable bonds is 10. The molecular formula is C19H39IN4O. The number of hydrogen-bond acceptors (Lipinski definition) is 2. The maximum absolute atomic E-state index is 12.0. The maximum atomic E-state index is 12.0. The minimum atomic E-state index is 0. The molecule has 0 aromatic carbocycles. The van der Waals surface area contributed by atoms with Crippen molar-refractivity contribution in [3.63, 3.8) is 0 Å². The van der Waals surface area contributed by atoms with Crippen LogP contribution < -0.4 is 10.6 Å². The lowest BCUT2D eigenvalue weighted by atomic mass is 10.1. The molecule has 2 N–H and O–H groups in total. The first-order chi connectivity index (χ1) is 11.6. The molecule has 0 bridgehead atoms. The van der Waals surface area contributed by atoms with Crippen LogP contribution in [0.3, 0.4) is 0 Å². The summed E-state index contributed by atoms with van der Waals surface area (Å²) in [6.07, 6.45) is 10.2. The van der Waals surface area contributed by atoms with Crippen molar-refractivity contribution in [1.82, 2.24) is 15.5 Å². The Kier molecular flexibility index (Phi) is 14.3. The van der Waals surface area contributed by atoms with Gasteiger partial charge in [0.05, 0.1) is 0 Å². The highest BCUT2D eigenvalue weighted by atomic mass is 127. The summed E-state index contributed by atoms with van der Waals surface area (Å²) >= 11 is 0. The number of carbonyl (C=O) groups excluding carboxylic acids is 1. The van der Waals surface area contributed by atoms with Crippen molar-refractivity contribution in [2.24, 2.45) is 10.9 Å². The van der Waals surface area contributed by atoms with Gasteiger partial charge in [0.1, 0.15) is 0 Å². The lowest BCUT2D eigenvalue weighted by Gasteiger charge is -2.20. The van der Waals surface area contributed by atoms with Gasteiger partial charge in [0.25, 0.3) is 0 Å². The van der Waals surface area contributed by atoms with E-state index < -0.39 is 0 Å². The average molecular weight is 466 g/mol. The molecule has 1 heterocycles. The van der Waals surface area contributed by atoms with E-state index in [0.717, 1.165) is 32.0 Å².